The van der Waals surface area contributed by atoms with Gasteiger partial charge in [0, 0.05) is 31.2 Å². The molecule has 168 valence electrons. The number of carbonyl (C=O) groups is 1. The predicted octanol–water partition coefficient (Wildman–Crippen LogP) is 5.00. The number of aryl methyl sites for hydroxylation is 2. The summed E-state index contributed by atoms with van der Waals surface area (Å²) in [5.74, 6) is -0.841. The highest BCUT2D eigenvalue weighted by Crippen LogP contribution is 2.36. The summed E-state index contributed by atoms with van der Waals surface area (Å²) < 4.78 is 79.0. The number of nitrogens with one attached hydrogen (secondary N) is 1. The zero-order chi connectivity index (χ0) is 23.0. The van der Waals surface area contributed by atoms with Crippen molar-refractivity contribution in [3.05, 3.63) is 69.8 Å². The third-order valence-corrected chi connectivity index (χ3v) is 5.49. The number of halogens is 6. The molecule has 1 fully saturated rings. The highest BCUT2D eigenvalue weighted by molar-refractivity contribution is 5.95. The maximum atomic E-state index is 13.2. The Kier molecular flexibility index (Phi) is 6.36. The molecule has 1 atom stereocenters. The topological polar surface area (TPSA) is 32.3 Å². The van der Waals surface area contributed by atoms with Gasteiger partial charge in [-0.3, -0.25) is 4.79 Å². The molecule has 0 spiro atoms. The molecule has 0 radical (unpaired) electrons. The van der Waals surface area contributed by atoms with Gasteiger partial charge in [0.05, 0.1) is 11.1 Å². The van der Waals surface area contributed by atoms with Gasteiger partial charge in [-0.05, 0) is 55.2 Å². The summed E-state index contributed by atoms with van der Waals surface area (Å²) in [6.45, 7) is 4.89. The van der Waals surface area contributed by atoms with Crippen LogP contribution < -0.4 is 5.32 Å². The minimum atomic E-state index is -5.00. The Morgan fingerprint density at radius 1 is 0.968 bits per heavy atom. The maximum Gasteiger partial charge on any atom is 0.416 e. The van der Waals surface area contributed by atoms with Gasteiger partial charge in [-0.25, -0.2) is 0 Å². The highest BCUT2D eigenvalue weighted by Gasteiger charge is 2.38. The lowest BCUT2D eigenvalue weighted by Gasteiger charge is -2.36. The third kappa shape index (κ3) is 5.39. The molecule has 3 nitrogen and oxygen atoms in total. The Balaban J connectivity index is 1.94. The second-order valence-electron chi connectivity index (χ2n) is 7.77. The first-order valence-electron chi connectivity index (χ1n) is 9.73. The van der Waals surface area contributed by atoms with Crippen molar-refractivity contribution in [2.45, 2.75) is 38.7 Å². The van der Waals surface area contributed by atoms with Crippen LogP contribution in [0.15, 0.2) is 36.4 Å². The lowest BCUT2D eigenvalue weighted by Crippen LogP contribution is -2.54. The fraction of sp³-hybridized carbons (Fsp3) is 0.409. The van der Waals surface area contributed by atoms with Gasteiger partial charge in [0.25, 0.3) is 5.91 Å². The number of carbonyl (C=O) groups excluding carboxylic acids is 1. The molecule has 9 heteroatoms. The monoisotopic (exact) mass is 444 g/mol. The fourth-order valence-electron chi connectivity index (χ4n) is 3.66. The van der Waals surface area contributed by atoms with Crippen LogP contribution in [0.25, 0.3) is 0 Å². The van der Waals surface area contributed by atoms with Crippen LogP contribution in [0.1, 0.15) is 38.2 Å². The van der Waals surface area contributed by atoms with Crippen LogP contribution in [0.5, 0.6) is 0 Å². The molecule has 0 saturated carbocycles. The second-order valence-corrected chi connectivity index (χ2v) is 7.77. The first-order chi connectivity index (χ1) is 14.4. The number of rotatable bonds is 3. The first-order valence-corrected chi connectivity index (χ1v) is 9.73. The summed E-state index contributed by atoms with van der Waals surface area (Å²) in [4.78, 5) is 14.4. The Labute approximate surface area is 176 Å². The lowest BCUT2D eigenvalue weighted by molar-refractivity contribution is -0.143. The van der Waals surface area contributed by atoms with Gasteiger partial charge in [-0.1, -0.05) is 18.2 Å². The van der Waals surface area contributed by atoms with Gasteiger partial charge in [0.1, 0.15) is 0 Å². The average molecular weight is 444 g/mol. The van der Waals surface area contributed by atoms with E-state index in [4.69, 9.17) is 0 Å². The van der Waals surface area contributed by atoms with Crippen molar-refractivity contribution in [2.75, 3.05) is 19.6 Å². The van der Waals surface area contributed by atoms with Crippen molar-refractivity contribution >= 4 is 5.91 Å². The Morgan fingerprint density at radius 3 is 2.13 bits per heavy atom. The van der Waals surface area contributed by atoms with Crippen LogP contribution in [-0.4, -0.2) is 36.5 Å². The fourth-order valence-corrected chi connectivity index (χ4v) is 3.66. The number of amides is 1. The Morgan fingerprint density at radius 2 is 1.58 bits per heavy atom. The minimum Gasteiger partial charge on any atom is -0.333 e. The molecule has 1 heterocycles. The van der Waals surface area contributed by atoms with Crippen molar-refractivity contribution in [1.82, 2.24) is 10.2 Å². The molecule has 0 aromatic heterocycles. The summed E-state index contributed by atoms with van der Waals surface area (Å²) in [5, 5.41) is 3.13. The summed E-state index contributed by atoms with van der Waals surface area (Å²) in [6.07, 6.45) is -9.57. The first kappa shape index (κ1) is 23.1. The van der Waals surface area contributed by atoms with Crippen molar-refractivity contribution in [1.29, 1.82) is 0 Å². The number of hydrogen-bond acceptors (Lipinski definition) is 2. The summed E-state index contributed by atoms with van der Waals surface area (Å²) >= 11 is 0. The SMILES string of the molecule is Cc1ccc(C[C@H]2CNCCN2C(=O)c2cc(C(F)(F)F)cc(C(F)(F)F)c2)cc1C. The molecule has 2 aromatic carbocycles. The number of piperazine rings is 1. The van der Waals surface area contributed by atoms with Gasteiger partial charge < -0.3 is 10.2 Å². The van der Waals surface area contributed by atoms with Gasteiger partial charge in [-0.15, -0.1) is 0 Å². The van der Waals surface area contributed by atoms with Crippen LogP contribution in [-0.2, 0) is 18.8 Å². The van der Waals surface area contributed by atoms with E-state index in [-0.39, 0.29) is 12.6 Å². The molecule has 3 rings (SSSR count). The van der Waals surface area contributed by atoms with E-state index in [0.717, 1.165) is 16.7 Å². The van der Waals surface area contributed by atoms with E-state index < -0.39 is 41.0 Å². The zero-order valence-corrected chi connectivity index (χ0v) is 17.0. The van der Waals surface area contributed by atoms with E-state index in [1.54, 1.807) is 0 Å². The van der Waals surface area contributed by atoms with Crippen LogP contribution in [0.4, 0.5) is 26.3 Å². The molecule has 0 aliphatic carbocycles. The standard InChI is InChI=1S/C22H22F6N2O/c1-13-3-4-15(7-14(13)2)8-19-12-29-5-6-30(19)20(31)16-9-17(21(23,24)25)11-18(10-16)22(26,27)28/h3-4,7,9-11,19,29H,5-6,8,12H2,1-2H3/t19-/m0/s1. The normalized spacial score (nSPS) is 17.7. The summed E-state index contributed by atoms with van der Waals surface area (Å²) in [7, 11) is 0. The molecule has 1 N–H and O–H groups in total. The van der Waals surface area contributed by atoms with E-state index in [0.29, 0.717) is 31.6 Å². The summed E-state index contributed by atoms with van der Waals surface area (Å²) in [6, 6.07) is 6.44. The maximum absolute atomic E-state index is 13.2. The van der Waals surface area contributed by atoms with Gasteiger partial charge >= 0.3 is 12.4 Å². The largest absolute Gasteiger partial charge is 0.416 e. The van der Waals surface area contributed by atoms with Crippen molar-refractivity contribution in [3.63, 3.8) is 0 Å². The van der Waals surface area contributed by atoms with Gasteiger partial charge in [0.15, 0.2) is 0 Å². The Bertz CT molecular complexity index is 935. The van der Waals surface area contributed by atoms with Gasteiger partial charge in [-0.2, -0.15) is 26.3 Å². The quantitative estimate of drug-likeness (QED) is 0.676. The number of alkyl halides is 6. The van der Waals surface area contributed by atoms with E-state index >= 15 is 0 Å². The van der Waals surface area contributed by atoms with E-state index in [1.165, 1.54) is 4.90 Å². The molecule has 31 heavy (non-hydrogen) atoms. The highest BCUT2D eigenvalue weighted by atomic mass is 19.4. The third-order valence-electron chi connectivity index (χ3n) is 5.49. The summed E-state index contributed by atoms with van der Waals surface area (Å²) in [5.41, 5.74) is -0.504. The number of hydrogen-bond donors (Lipinski definition) is 1. The van der Waals surface area contributed by atoms with Crippen LogP contribution in [0, 0.1) is 13.8 Å². The van der Waals surface area contributed by atoms with Crippen LogP contribution in [0.3, 0.4) is 0 Å². The van der Waals surface area contributed by atoms with Crippen molar-refractivity contribution in [3.8, 4) is 0 Å². The van der Waals surface area contributed by atoms with E-state index in [2.05, 4.69) is 5.32 Å². The minimum absolute atomic E-state index is 0.0289. The molecule has 2 aromatic rings. The van der Waals surface area contributed by atoms with Gasteiger partial charge in [0.2, 0.25) is 0 Å². The molecule has 0 bridgehead atoms. The molecular formula is C22H22F6N2O. The molecule has 0 unspecified atom stereocenters. The molecule has 1 saturated heterocycles. The lowest BCUT2D eigenvalue weighted by atomic mass is 9.97. The Hall–Kier alpha value is -2.55. The van der Waals surface area contributed by atoms with Crippen LogP contribution >= 0.6 is 0 Å². The van der Waals surface area contributed by atoms with Crippen molar-refractivity contribution < 1.29 is 31.1 Å². The zero-order valence-electron chi connectivity index (χ0n) is 17.0. The molecular weight excluding hydrogens is 422 g/mol. The van der Waals surface area contributed by atoms with Crippen LogP contribution in [0.2, 0.25) is 0 Å². The number of nitrogens with zero attached hydrogens (tertiary/aromatic N) is 1. The molecule has 1 aliphatic heterocycles. The molecule has 1 aliphatic rings. The van der Waals surface area contributed by atoms with Crippen molar-refractivity contribution in [2.24, 2.45) is 0 Å². The smallest absolute Gasteiger partial charge is 0.333 e. The predicted molar refractivity (Wildman–Crippen MR) is 104 cm³/mol. The second kappa shape index (κ2) is 8.53. The molecule has 1 amide bonds. The van der Waals surface area contributed by atoms with E-state index in [1.807, 2.05) is 32.0 Å². The number of benzene rings is 2. The van der Waals surface area contributed by atoms with E-state index in [9.17, 15) is 31.1 Å². The average Bonchev–Trinajstić information content (AvgIpc) is 2.69.